The largest absolute Gasteiger partial charge is 0.490 e. The van der Waals surface area contributed by atoms with Gasteiger partial charge in [0.15, 0.2) is 0 Å². The Morgan fingerprint density at radius 2 is 2.17 bits per heavy atom. The molecule has 0 heterocycles. The molecule has 1 aliphatic carbocycles. The quantitative estimate of drug-likeness (QED) is 0.664. The van der Waals surface area contributed by atoms with Gasteiger partial charge in [-0.2, -0.15) is 0 Å². The molecule has 0 aromatic heterocycles. The maximum Gasteiger partial charge on any atom is 0.121 e. The Balaban J connectivity index is 2.15. The number of hydrogen-bond acceptors (Lipinski definition) is 2. The molecule has 1 aromatic rings. The Morgan fingerprint density at radius 3 is 2.75 bits per heavy atom. The molecule has 2 N–H and O–H groups in total. The second-order valence-corrected chi connectivity index (χ2v) is 4.16. The molecule has 1 aromatic carbocycles. The molecular weight excluding hydrogens is 265 g/mol. The third-order valence-corrected chi connectivity index (χ3v) is 2.78. The van der Waals surface area contributed by atoms with Gasteiger partial charge in [0, 0.05) is 15.3 Å². The minimum absolute atomic E-state index is 0.449. The van der Waals surface area contributed by atoms with Gasteiger partial charge in [-0.05, 0) is 47.6 Å². The molecule has 3 heteroatoms. The van der Waals surface area contributed by atoms with Crippen LogP contribution in [0.1, 0.15) is 12.8 Å². The number of anilines is 1. The van der Waals surface area contributed by atoms with E-state index < -0.39 is 0 Å². The third-order valence-electron chi connectivity index (χ3n) is 1.79. The first-order valence-corrected chi connectivity index (χ1v) is 5.05. The van der Waals surface area contributed by atoms with E-state index in [-0.39, 0.29) is 0 Å². The molecule has 0 saturated heterocycles. The zero-order valence-corrected chi connectivity index (χ0v) is 8.74. The van der Waals surface area contributed by atoms with Gasteiger partial charge < -0.3 is 10.5 Å². The number of benzene rings is 1. The lowest BCUT2D eigenvalue weighted by molar-refractivity contribution is 0.303. The van der Waals surface area contributed by atoms with E-state index in [9.17, 15) is 0 Å². The normalized spacial score (nSPS) is 16.1. The first-order valence-electron chi connectivity index (χ1n) is 3.97. The fraction of sp³-hybridized carbons (Fsp3) is 0.333. The van der Waals surface area contributed by atoms with Crippen molar-refractivity contribution < 1.29 is 4.74 Å². The summed E-state index contributed by atoms with van der Waals surface area (Å²) in [5.41, 5.74) is 6.53. The fourth-order valence-electron chi connectivity index (χ4n) is 0.973. The smallest absolute Gasteiger partial charge is 0.121 e. The highest BCUT2D eigenvalue weighted by Gasteiger charge is 2.23. The lowest BCUT2D eigenvalue weighted by Gasteiger charge is -2.05. The van der Waals surface area contributed by atoms with Gasteiger partial charge in [0.25, 0.3) is 0 Å². The molecule has 2 nitrogen and oxygen atoms in total. The molecule has 0 bridgehead atoms. The van der Waals surface area contributed by atoms with Crippen LogP contribution in [-0.4, -0.2) is 6.10 Å². The molecule has 1 fully saturated rings. The number of halogens is 1. The number of nitrogens with two attached hydrogens (primary N) is 1. The highest BCUT2D eigenvalue weighted by molar-refractivity contribution is 14.1. The van der Waals surface area contributed by atoms with Crippen molar-refractivity contribution in [2.75, 3.05) is 5.73 Å². The summed E-state index contributed by atoms with van der Waals surface area (Å²) in [7, 11) is 0. The highest BCUT2D eigenvalue weighted by atomic mass is 127. The summed E-state index contributed by atoms with van der Waals surface area (Å²) < 4.78 is 6.66. The van der Waals surface area contributed by atoms with Gasteiger partial charge in [0.2, 0.25) is 0 Å². The van der Waals surface area contributed by atoms with Crippen molar-refractivity contribution in [3.63, 3.8) is 0 Å². The van der Waals surface area contributed by atoms with Gasteiger partial charge in [-0.25, -0.2) is 0 Å². The van der Waals surface area contributed by atoms with Crippen molar-refractivity contribution in [2.45, 2.75) is 18.9 Å². The molecule has 0 unspecified atom stereocenters. The molecule has 64 valence electrons. The minimum Gasteiger partial charge on any atom is -0.490 e. The summed E-state index contributed by atoms with van der Waals surface area (Å²) in [5, 5.41) is 0. The van der Waals surface area contributed by atoms with E-state index in [0.29, 0.717) is 6.10 Å². The predicted octanol–water partition coefficient (Wildman–Crippen LogP) is 2.41. The molecule has 2 rings (SSSR count). The van der Waals surface area contributed by atoms with Crippen LogP contribution in [0, 0.1) is 3.57 Å². The SMILES string of the molecule is Nc1cc(OC2CC2)ccc1I. The summed E-state index contributed by atoms with van der Waals surface area (Å²) in [5.74, 6) is 0.899. The van der Waals surface area contributed by atoms with Gasteiger partial charge in [-0.15, -0.1) is 0 Å². The molecule has 0 atom stereocenters. The third kappa shape index (κ3) is 1.83. The van der Waals surface area contributed by atoms with Gasteiger partial charge in [-0.3, -0.25) is 0 Å². The average Bonchev–Trinajstić information content (AvgIpc) is 2.81. The van der Waals surface area contributed by atoms with Crippen molar-refractivity contribution in [3.05, 3.63) is 21.8 Å². The zero-order chi connectivity index (χ0) is 8.55. The first kappa shape index (κ1) is 8.16. The fourth-order valence-corrected chi connectivity index (χ4v) is 1.31. The minimum atomic E-state index is 0.449. The summed E-state index contributed by atoms with van der Waals surface area (Å²) in [6, 6.07) is 5.84. The van der Waals surface area contributed by atoms with Crippen LogP contribution >= 0.6 is 22.6 Å². The maximum atomic E-state index is 5.73. The van der Waals surface area contributed by atoms with Crippen LogP contribution in [0.3, 0.4) is 0 Å². The van der Waals surface area contributed by atoms with E-state index in [0.717, 1.165) is 15.0 Å². The topological polar surface area (TPSA) is 35.2 Å². The number of ether oxygens (including phenoxy) is 1. The maximum absolute atomic E-state index is 5.73. The lowest BCUT2D eigenvalue weighted by atomic mass is 10.3. The van der Waals surface area contributed by atoms with Crippen molar-refractivity contribution >= 4 is 28.3 Å². The first-order chi connectivity index (χ1) is 5.75. The average molecular weight is 275 g/mol. The van der Waals surface area contributed by atoms with Gasteiger partial charge in [0.05, 0.1) is 6.10 Å². The molecule has 0 radical (unpaired) electrons. The summed E-state index contributed by atoms with van der Waals surface area (Å²) >= 11 is 2.21. The van der Waals surface area contributed by atoms with Gasteiger partial charge in [0.1, 0.15) is 5.75 Å². The van der Waals surface area contributed by atoms with E-state index >= 15 is 0 Å². The standard InChI is InChI=1S/C9H10INO/c10-8-4-3-7(5-9(8)11)12-6-1-2-6/h3-6H,1-2,11H2. The van der Waals surface area contributed by atoms with E-state index in [4.69, 9.17) is 10.5 Å². The van der Waals surface area contributed by atoms with Crippen LogP contribution < -0.4 is 10.5 Å². The second kappa shape index (κ2) is 3.12. The van der Waals surface area contributed by atoms with Crippen LogP contribution in [0.5, 0.6) is 5.75 Å². The van der Waals surface area contributed by atoms with Gasteiger partial charge >= 0.3 is 0 Å². The predicted molar refractivity (Wildman–Crippen MR) is 57.2 cm³/mol. The van der Waals surface area contributed by atoms with E-state index in [1.54, 1.807) is 0 Å². The molecule has 0 spiro atoms. The Bertz CT molecular complexity index is 297. The van der Waals surface area contributed by atoms with Crippen LogP contribution in [0.4, 0.5) is 5.69 Å². The van der Waals surface area contributed by atoms with Crippen LogP contribution in [-0.2, 0) is 0 Å². The van der Waals surface area contributed by atoms with Gasteiger partial charge in [-0.1, -0.05) is 0 Å². The van der Waals surface area contributed by atoms with Crippen LogP contribution in [0.25, 0.3) is 0 Å². The van der Waals surface area contributed by atoms with Crippen molar-refractivity contribution in [3.8, 4) is 5.75 Å². The lowest BCUT2D eigenvalue weighted by Crippen LogP contribution is -1.97. The number of nitrogen functional groups attached to an aromatic ring is 1. The monoisotopic (exact) mass is 275 g/mol. The molecule has 0 aliphatic heterocycles. The van der Waals surface area contributed by atoms with E-state index in [2.05, 4.69) is 22.6 Å². The van der Waals surface area contributed by atoms with Crippen LogP contribution in [0.2, 0.25) is 0 Å². The van der Waals surface area contributed by atoms with Crippen molar-refractivity contribution in [2.24, 2.45) is 0 Å². The molecule has 1 saturated carbocycles. The number of hydrogen-bond donors (Lipinski definition) is 1. The van der Waals surface area contributed by atoms with Crippen LogP contribution in [0.15, 0.2) is 18.2 Å². The Kier molecular flexibility index (Phi) is 2.12. The summed E-state index contributed by atoms with van der Waals surface area (Å²) in [6.45, 7) is 0. The Labute approximate surface area is 85.2 Å². The Morgan fingerprint density at radius 1 is 1.42 bits per heavy atom. The second-order valence-electron chi connectivity index (χ2n) is 3.00. The molecule has 12 heavy (non-hydrogen) atoms. The Hall–Kier alpha value is -0.450. The van der Waals surface area contributed by atoms with Crippen molar-refractivity contribution in [1.29, 1.82) is 0 Å². The molecular formula is C9H10INO. The summed E-state index contributed by atoms with van der Waals surface area (Å²) in [6.07, 6.45) is 2.82. The number of rotatable bonds is 2. The molecule has 1 aliphatic rings. The van der Waals surface area contributed by atoms with E-state index in [1.807, 2.05) is 18.2 Å². The van der Waals surface area contributed by atoms with Crippen molar-refractivity contribution in [1.82, 2.24) is 0 Å². The molecule has 0 amide bonds. The van der Waals surface area contributed by atoms with E-state index in [1.165, 1.54) is 12.8 Å². The highest BCUT2D eigenvalue weighted by Crippen LogP contribution is 2.28. The zero-order valence-electron chi connectivity index (χ0n) is 6.59. The summed E-state index contributed by atoms with van der Waals surface area (Å²) in [4.78, 5) is 0.